The first kappa shape index (κ1) is 23.5. The van der Waals surface area contributed by atoms with E-state index in [1.807, 2.05) is 19.1 Å². The maximum absolute atomic E-state index is 13.7. The summed E-state index contributed by atoms with van der Waals surface area (Å²) in [5, 5.41) is 11.9. The SMILES string of the molecule is Cc1ccc(S(=O)(=O)N(CC(=O)NCc2cccc(C(=O)O)c2)c2cccc3c2CCC3)cc1. The highest BCUT2D eigenvalue weighted by atomic mass is 32.2. The zero-order chi connectivity index (χ0) is 24.3. The lowest BCUT2D eigenvalue weighted by Gasteiger charge is -2.26. The zero-order valence-corrected chi connectivity index (χ0v) is 19.6. The maximum atomic E-state index is 13.7. The van der Waals surface area contributed by atoms with Crippen LogP contribution in [0.3, 0.4) is 0 Å². The number of nitrogens with zero attached hydrogens (tertiary/aromatic N) is 1. The molecule has 0 radical (unpaired) electrons. The molecule has 2 N–H and O–H groups in total. The molecule has 3 aromatic rings. The van der Waals surface area contributed by atoms with Crippen molar-refractivity contribution in [1.82, 2.24) is 5.32 Å². The monoisotopic (exact) mass is 478 g/mol. The van der Waals surface area contributed by atoms with Crippen LogP contribution in [0.5, 0.6) is 0 Å². The standard InChI is InChI=1S/C26H26N2O5S/c1-18-11-13-22(14-12-18)34(32,33)28(24-10-4-7-20-6-3-9-23(20)24)17-25(29)27-16-19-5-2-8-21(15-19)26(30)31/h2,4-5,7-8,10-15H,3,6,9,16-17H2,1H3,(H,27,29)(H,30,31). The van der Waals surface area contributed by atoms with Gasteiger partial charge in [0.15, 0.2) is 0 Å². The number of aromatic carboxylic acids is 1. The molecule has 176 valence electrons. The van der Waals surface area contributed by atoms with Crippen LogP contribution in [0.25, 0.3) is 0 Å². The Morgan fingerprint density at radius 1 is 1.00 bits per heavy atom. The number of nitrogens with one attached hydrogen (secondary N) is 1. The fourth-order valence-corrected chi connectivity index (χ4v) is 5.62. The van der Waals surface area contributed by atoms with Gasteiger partial charge in [-0.15, -0.1) is 0 Å². The Morgan fingerprint density at radius 3 is 2.47 bits per heavy atom. The Labute approximate surface area is 199 Å². The second-order valence-electron chi connectivity index (χ2n) is 8.38. The number of anilines is 1. The van der Waals surface area contributed by atoms with E-state index in [2.05, 4.69) is 5.32 Å². The Kier molecular flexibility index (Phi) is 6.70. The normalized spacial score (nSPS) is 12.7. The van der Waals surface area contributed by atoms with Gasteiger partial charge >= 0.3 is 5.97 Å². The summed E-state index contributed by atoms with van der Waals surface area (Å²) in [6.07, 6.45) is 2.58. The van der Waals surface area contributed by atoms with Gasteiger partial charge in [0.25, 0.3) is 10.0 Å². The summed E-state index contributed by atoms with van der Waals surface area (Å²) in [6, 6.07) is 18.4. The van der Waals surface area contributed by atoms with Gasteiger partial charge in [0.2, 0.25) is 5.91 Å². The molecule has 7 nitrogen and oxygen atoms in total. The number of benzene rings is 3. The van der Waals surface area contributed by atoms with Crippen molar-refractivity contribution in [2.24, 2.45) is 0 Å². The van der Waals surface area contributed by atoms with Gasteiger partial charge in [0.05, 0.1) is 16.1 Å². The summed E-state index contributed by atoms with van der Waals surface area (Å²) in [5.41, 5.74) is 4.26. The number of rotatable bonds is 8. The van der Waals surface area contributed by atoms with Crippen LogP contribution in [0.15, 0.2) is 71.6 Å². The molecular weight excluding hydrogens is 452 g/mol. The highest BCUT2D eigenvalue weighted by Gasteiger charge is 2.30. The van der Waals surface area contributed by atoms with Crippen molar-refractivity contribution in [3.05, 3.63) is 94.5 Å². The summed E-state index contributed by atoms with van der Waals surface area (Å²) in [5.74, 6) is -1.53. The second kappa shape index (κ2) is 9.69. The number of fused-ring (bicyclic) bond motifs is 1. The van der Waals surface area contributed by atoms with Crippen molar-refractivity contribution in [2.45, 2.75) is 37.6 Å². The first-order valence-corrected chi connectivity index (χ1v) is 12.5. The fourth-order valence-electron chi connectivity index (χ4n) is 4.17. The van der Waals surface area contributed by atoms with Gasteiger partial charge in [-0.25, -0.2) is 13.2 Å². The van der Waals surface area contributed by atoms with Gasteiger partial charge in [-0.3, -0.25) is 9.10 Å². The average molecular weight is 479 g/mol. The number of hydrogen-bond acceptors (Lipinski definition) is 4. The third-order valence-electron chi connectivity index (χ3n) is 5.95. The molecule has 0 fully saturated rings. The summed E-state index contributed by atoms with van der Waals surface area (Å²) >= 11 is 0. The van der Waals surface area contributed by atoms with E-state index in [0.717, 1.165) is 36.0 Å². The van der Waals surface area contributed by atoms with Gasteiger partial charge in [-0.1, -0.05) is 42.0 Å². The van der Waals surface area contributed by atoms with E-state index in [-0.39, 0.29) is 23.5 Å². The van der Waals surface area contributed by atoms with E-state index in [4.69, 9.17) is 5.11 Å². The Morgan fingerprint density at radius 2 is 1.74 bits per heavy atom. The largest absolute Gasteiger partial charge is 0.478 e. The molecule has 1 aliphatic carbocycles. The summed E-state index contributed by atoms with van der Waals surface area (Å²) in [6.45, 7) is 1.58. The fraction of sp³-hybridized carbons (Fsp3) is 0.231. The minimum Gasteiger partial charge on any atom is -0.478 e. The van der Waals surface area contributed by atoms with E-state index in [1.165, 1.54) is 16.4 Å². The minimum absolute atomic E-state index is 0.0886. The predicted octanol–water partition coefficient (Wildman–Crippen LogP) is 3.69. The number of carbonyl (C=O) groups is 2. The van der Waals surface area contributed by atoms with Crippen molar-refractivity contribution < 1.29 is 23.1 Å². The highest BCUT2D eigenvalue weighted by molar-refractivity contribution is 7.92. The number of sulfonamides is 1. The van der Waals surface area contributed by atoms with Crippen molar-refractivity contribution in [3.63, 3.8) is 0 Å². The summed E-state index contributed by atoms with van der Waals surface area (Å²) < 4.78 is 28.5. The van der Waals surface area contributed by atoms with Crippen LogP contribution in [0, 0.1) is 6.92 Å². The van der Waals surface area contributed by atoms with Crippen LogP contribution >= 0.6 is 0 Å². The first-order chi connectivity index (χ1) is 16.3. The van der Waals surface area contributed by atoms with Crippen LogP contribution < -0.4 is 9.62 Å². The third-order valence-corrected chi connectivity index (χ3v) is 7.72. The van der Waals surface area contributed by atoms with E-state index >= 15 is 0 Å². The maximum Gasteiger partial charge on any atom is 0.335 e. The van der Waals surface area contributed by atoms with Gasteiger partial charge < -0.3 is 10.4 Å². The lowest BCUT2D eigenvalue weighted by atomic mass is 10.1. The molecule has 0 unspecified atom stereocenters. The number of hydrogen-bond donors (Lipinski definition) is 2. The number of carbonyl (C=O) groups excluding carboxylic acids is 1. The molecule has 0 aromatic heterocycles. The highest BCUT2D eigenvalue weighted by Crippen LogP contribution is 2.34. The molecule has 34 heavy (non-hydrogen) atoms. The molecule has 0 atom stereocenters. The van der Waals surface area contributed by atoms with E-state index in [0.29, 0.717) is 11.3 Å². The molecule has 0 spiro atoms. The van der Waals surface area contributed by atoms with E-state index in [1.54, 1.807) is 42.5 Å². The lowest BCUT2D eigenvalue weighted by Crippen LogP contribution is -2.41. The van der Waals surface area contributed by atoms with Crippen LogP contribution in [0.4, 0.5) is 5.69 Å². The van der Waals surface area contributed by atoms with Crippen molar-refractivity contribution in [1.29, 1.82) is 0 Å². The molecule has 0 bridgehead atoms. The van der Waals surface area contributed by atoms with Crippen LogP contribution in [0.2, 0.25) is 0 Å². The lowest BCUT2D eigenvalue weighted by molar-refractivity contribution is -0.119. The van der Waals surface area contributed by atoms with E-state index < -0.39 is 21.9 Å². The van der Waals surface area contributed by atoms with E-state index in [9.17, 15) is 18.0 Å². The molecule has 8 heteroatoms. The molecule has 1 aliphatic rings. The van der Waals surface area contributed by atoms with Crippen LogP contribution in [-0.2, 0) is 34.2 Å². The number of carboxylic acid groups (broad SMARTS) is 1. The number of aryl methyl sites for hydroxylation is 2. The first-order valence-electron chi connectivity index (χ1n) is 11.0. The molecule has 3 aromatic carbocycles. The Hall–Kier alpha value is -3.65. The second-order valence-corrected chi connectivity index (χ2v) is 10.2. The predicted molar refractivity (Wildman–Crippen MR) is 129 cm³/mol. The van der Waals surface area contributed by atoms with Crippen LogP contribution in [0.1, 0.15) is 39.0 Å². The van der Waals surface area contributed by atoms with Crippen molar-refractivity contribution in [3.8, 4) is 0 Å². The molecule has 0 heterocycles. The topological polar surface area (TPSA) is 104 Å². The van der Waals surface area contributed by atoms with Gasteiger partial charge in [0, 0.05) is 6.54 Å². The molecule has 1 amide bonds. The Bertz CT molecular complexity index is 1330. The number of amides is 1. The molecule has 0 saturated heterocycles. The molecule has 0 saturated carbocycles. The molecule has 4 rings (SSSR count). The smallest absolute Gasteiger partial charge is 0.335 e. The molecular formula is C26H26N2O5S. The zero-order valence-electron chi connectivity index (χ0n) is 18.8. The molecule has 0 aliphatic heterocycles. The van der Waals surface area contributed by atoms with Gasteiger partial charge in [-0.2, -0.15) is 0 Å². The van der Waals surface area contributed by atoms with Crippen molar-refractivity contribution in [2.75, 3.05) is 10.8 Å². The van der Waals surface area contributed by atoms with Crippen molar-refractivity contribution >= 4 is 27.6 Å². The summed E-state index contributed by atoms with van der Waals surface area (Å²) in [4.78, 5) is 24.2. The summed E-state index contributed by atoms with van der Waals surface area (Å²) in [7, 11) is -3.99. The minimum atomic E-state index is -3.99. The number of carboxylic acids is 1. The van der Waals surface area contributed by atoms with Crippen LogP contribution in [-0.4, -0.2) is 31.9 Å². The van der Waals surface area contributed by atoms with Gasteiger partial charge in [-0.05, 0) is 73.2 Å². The van der Waals surface area contributed by atoms with Gasteiger partial charge in [0.1, 0.15) is 6.54 Å². The Balaban J connectivity index is 1.62. The quantitative estimate of drug-likeness (QED) is 0.514. The third kappa shape index (κ3) is 4.97. The average Bonchev–Trinajstić information content (AvgIpc) is 3.31.